The van der Waals surface area contributed by atoms with Gasteiger partial charge in [-0.3, -0.25) is 0 Å². The van der Waals surface area contributed by atoms with Gasteiger partial charge in [-0.2, -0.15) is 4.98 Å². The Balaban J connectivity index is 2.59. The van der Waals surface area contributed by atoms with Crippen molar-refractivity contribution in [1.29, 1.82) is 0 Å². The molecule has 0 aromatic carbocycles. The lowest BCUT2D eigenvalue weighted by Crippen LogP contribution is -2.16. The minimum absolute atomic E-state index is 0.213. The molecule has 1 heterocycles. The van der Waals surface area contributed by atoms with Gasteiger partial charge in [-0.25, -0.2) is 4.98 Å². The van der Waals surface area contributed by atoms with E-state index in [1.807, 2.05) is 0 Å². The first-order chi connectivity index (χ1) is 7.13. The van der Waals surface area contributed by atoms with Crippen LogP contribution in [0.25, 0.3) is 0 Å². The van der Waals surface area contributed by atoms with Gasteiger partial charge in [0, 0.05) is 6.04 Å². The summed E-state index contributed by atoms with van der Waals surface area (Å²) in [7, 11) is 0. The van der Waals surface area contributed by atoms with E-state index >= 15 is 0 Å². The molecular formula is C10H15Cl2N3. The van der Waals surface area contributed by atoms with Gasteiger partial charge >= 0.3 is 0 Å². The van der Waals surface area contributed by atoms with Crippen LogP contribution in [0.4, 0.5) is 5.82 Å². The Labute approximate surface area is 100 Å². The van der Waals surface area contributed by atoms with Crippen molar-refractivity contribution in [3.8, 4) is 0 Å². The average Bonchev–Trinajstić information content (AvgIpc) is 2.20. The van der Waals surface area contributed by atoms with Crippen LogP contribution >= 0.6 is 23.2 Å². The van der Waals surface area contributed by atoms with E-state index in [0.29, 0.717) is 16.9 Å². The van der Waals surface area contributed by atoms with Crippen molar-refractivity contribution < 1.29 is 0 Å². The lowest BCUT2D eigenvalue weighted by molar-refractivity contribution is 0.643. The van der Waals surface area contributed by atoms with Gasteiger partial charge in [0.25, 0.3) is 0 Å². The molecule has 1 aromatic rings. The zero-order valence-corrected chi connectivity index (χ0v) is 10.4. The van der Waals surface area contributed by atoms with Gasteiger partial charge in [-0.15, -0.1) is 0 Å². The number of aromatic nitrogens is 2. The number of unbranched alkanes of at least 4 members (excludes halogenated alkanes) is 1. The first-order valence-electron chi connectivity index (χ1n) is 5.08. The highest BCUT2D eigenvalue weighted by Crippen LogP contribution is 2.20. The SMILES string of the molecule is CCCCC(C)Nc1nc(Cl)ncc1Cl. The van der Waals surface area contributed by atoms with E-state index in [-0.39, 0.29) is 5.28 Å². The summed E-state index contributed by atoms with van der Waals surface area (Å²) in [4.78, 5) is 7.82. The molecule has 0 fully saturated rings. The molecule has 15 heavy (non-hydrogen) atoms. The maximum Gasteiger partial charge on any atom is 0.224 e. The minimum Gasteiger partial charge on any atom is -0.366 e. The topological polar surface area (TPSA) is 37.8 Å². The highest BCUT2D eigenvalue weighted by molar-refractivity contribution is 6.33. The van der Waals surface area contributed by atoms with E-state index in [1.54, 1.807) is 0 Å². The molecule has 0 spiro atoms. The molecule has 1 aromatic heterocycles. The molecule has 5 heteroatoms. The second-order valence-corrected chi connectivity index (χ2v) is 4.27. The summed E-state index contributed by atoms with van der Waals surface area (Å²) in [5.74, 6) is 0.611. The van der Waals surface area contributed by atoms with Gasteiger partial charge in [0.1, 0.15) is 10.8 Å². The third-order valence-electron chi connectivity index (χ3n) is 2.09. The summed E-state index contributed by atoms with van der Waals surface area (Å²) in [6.07, 6.45) is 4.97. The molecule has 0 radical (unpaired) electrons. The molecule has 0 saturated carbocycles. The zero-order valence-electron chi connectivity index (χ0n) is 8.93. The molecule has 1 N–H and O–H groups in total. The second-order valence-electron chi connectivity index (χ2n) is 3.52. The molecule has 3 nitrogen and oxygen atoms in total. The van der Waals surface area contributed by atoms with E-state index in [0.717, 1.165) is 6.42 Å². The Hall–Kier alpha value is -0.540. The standard InChI is InChI=1S/C10H15Cl2N3/c1-3-4-5-7(2)14-9-8(11)6-13-10(12)15-9/h6-7H,3-5H2,1-2H3,(H,13,14,15). The van der Waals surface area contributed by atoms with Crippen LogP contribution in [0.3, 0.4) is 0 Å². The molecule has 0 saturated heterocycles. The van der Waals surface area contributed by atoms with Crippen LogP contribution in [0.1, 0.15) is 33.1 Å². The fourth-order valence-electron chi connectivity index (χ4n) is 1.26. The fourth-order valence-corrected chi connectivity index (χ4v) is 1.54. The van der Waals surface area contributed by atoms with Crippen molar-refractivity contribution >= 4 is 29.0 Å². The lowest BCUT2D eigenvalue weighted by Gasteiger charge is -2.14. The lowest BCUT2D eigenvalue weighted by atomic mass is 10.1. The van der Waals surface area contributed by atoms with Crippen molar-refractivity contribution in [2.24, 2.45) is 0 Å². The summed E-state index contributed by atoms with van der Waals surface area (Å²) in [6, 6.07) is 0.341. The van der Waals surface area contributed by atoms with Crippen LogP contribution in [0, 0.1) is 0 Å². The molecule has 0 bridgehead atoms. The fraction of sp³-hybridized carbons (Fsp3) is 0.600. The van der Waals surface area contributed by atoms with E-state index in [4.69, 9.17) is 23.2 Å². The number of nitrogens with zero attached hydrogens (tertiary/aromatic N) is 2. The summed E-state index contributed by atoms with van der Waals surface area (Å²) in [5, 5.41) is 3.93. The Bertz CT molecular complexity index is 318. The Morgan fingerprint density at radius 1 is 1.47 bits per heavy atom. The summed E-state index contributed by atoms with van der Waals surface area (Å²) < 4.78 is 0. The number of nitrogens with one attached hydrogen (secondary N) is 1. The normalized spacial score (nSPS) is 12.5. The Morgan fingerprint density at radius 2 is 2.20 bits per heavy atom. The molecule has 1 atom stereocenters. The van der Waals surface area contributed by atoms with Crippen molar-refractivity contribution in [2.45, 2.75) is 39.2 Å². The van der Waals surface area contributed by atoms with E-state index in [2.05, 4.69) is 29.1 Å². The van der Waals surface area contributed by atoms with Crippen LogP contribution in [0.5, 0.6) is 0 Å². The summed E-state index contributed by atoms with van der Waals surface area (Å²) >= 11 is 11.6. The maximum atomic E-state index is 5.93. The molecule has 1 rings (SSSR count). The first kappa shape index (κ1) is 12.5. The smallest absolute Gasteiger partial charge is 0.224 e. The number of halogens is 2. The summed E-state index contributed by atoms with van der Waals surface area (Å²) in [5.41, 5.74) is 0. The van der Waals surface area contributed by atoms with E-state index in [1.165, 1.54) is 19.0 Å². The van der Waals surface area contributed by atoms with Gasteiger partial charge in [-0.05, 0) is 24.9 Å². The number of rotatable bonds is 5. The van der Waals surface area contributed by atoms with E-state index in [9.17, 15) is 0 Å². The monoisotopic (exact) mass is 247 g/mol. The van der Waals surface area contributed by atoms with Crippen LogP contribution in [0.2, 0.25) is 10.3 Å². The van der Waals surface area contributed by atoms with Crippen LogP contribution in [-0.2, 0) is 0 Å². The highest BCUT2D eigenvalue weighted by Gasteiger charge is 2.07. The molecular weight excluding hydrogens is 233 g/mol. The number of anilines is 1. The first-order valence-corrected chi connectivity index (χ1v) is 5.83. The predicted molar refractivity (Wildman–Crippen MR) is 64.7 cm³/mol. The highest BCUT2D eigenvalue weighted by atomic mass is 35.5. The molecule has 0 aliphatic carbocycles. The minimum atomic E-state index is 0.213. The molecule has 84 valence electrons. The molecule has 0 aliphatic rings. The van der Waals surface area contributed by atoms with Gasteiger partial charge in [0.2, 0.25) is 5.28 Å². The largest absolute Gasteiger partial charge is 0.366 e. The predicted octanol–water partition coefficient (Wildman–Crippen LogP) is 3.77. The second kappa shape index (κ2) is 6.13. The van der Waals surface area contributed by atoms with Crippen molar-refractivity contribution in [1.82, 2.24) is 9.97 Å². The quantitative estimate of drug-likeness (QED) is 0.806. The average molecular weight is 248 g/mol. The third kappa shape index (κ3) is 4.22. The Morgan fingerprint density at radius 3 is 2.87 bits per heavy atom. The number of hydrogen-bond acceptors (Lipinski definition) is 3. The Kier molecular flexibility index (Phi) is 5.12. The van der Waals surface area contributed by atoms with Crippen LogP contribution in [0.15, 0.2) is 6.20 Å². The van der Waals surface area contributed by atoms with Gasteiger partial charge in [-0.1, -0.05) is 31.4 Å². The molecule has 1 unspecified atom stereocenters. The van der Waals surface area contributed by atoms with Gasteiger partial charge in [0.15, 0.2) is 0 Å². The molecule has 0 amide bonds. The van der Waals surface area contributed by atoms with Crippen LogP contribution < -0.4 is 5.32 Å². The van der Waals surface area contributed by atoms with E-state index < -0.39 is 0 Å². The maximum absolute atomic E-state index is 5.93. The zero-order chi connectivity index (χ0) is 11.3. The van der Waals surface area contributed by atoms with Crippen LogP contribution in [-0.4, -0.2) is 16.0 Å². The van der Waals surface area contributed by atoms with Crippen molar-refractivity contribution in [3.05, 3.63) is 16.5 Å². The van der Waals surface area contributed by atoms with Gasteiger partial charge < -0.3 is 5.32 Å². The van der Waals surface area contributed by atoms with Crippen molar-refractivity contribution in [2.75, 3.05) is 5.32 Å². The van der Waals surface area contributed by atoms with Gasteiger partial charge in [0.05, 0.1) is 6.20 Å². The summed E-state index contributed by atoms with van der Waals surface area (Å²) in [6.45, 7) is 4.27. The molecule has 0 aliphatic heterocycles. The van der Waals surface area contributed by atoms with Crippen molar-refractivity contribution in [3.63, 3.8) is 0 Å². The number of hydrogen-bond donors (Lipinski definition) is 1. The third-order valence-corrected chi connectivity index (χ3v) is 2.55.